The van der Waals surface area contributed by atoms with Gasteiger partial charge in [0.05, 0.1) is 12.7 Å². The first kappa shape index (κ1) is 16.7. The van der Waals surface area contributed by atoms with Gasteiger partial charge in [0.1, 0.15) is 0 Å². The second-order valence-corrected chi connectivity index (χ2v) is 5.36. The van der Waals surface area contributed by atoms with Crippen molar-refractivity contribution in [2.45, 2.75) is 26.4 Å². The molecule has 0 spiro atoms. The lowest BCUT2D eigenvalue weighted by Gasteiger charge is -2.22. The fraction of sp³-hybridized carbons (Fsp3) is 0.421. The van der Waals surface area contributed by atoms with Gasteiger partial charge in [0.2, 0.25) is 0 Å². The van der Waals surface area contributed by atoms with E-state index in [0.717, 1.165) is 32.7 Å². The van der Waals surface area contributed by atoms with Crippen molar-refractivity contribution in [3.05, 3.63) is 66.0 Å². The normalized spacial score (nSPS) is 12.5. The number of nitrogens with zero attached hydrogens (tertiary/aromatic N) is 2. The first-order valence-corrected chi connectivity index (χ1v) is 8.11. The van der Waals surface area contributed by atoms with Crippen molar-refractivity contribution >= 4 is 0 Å². The largest absolute Gasteiger partial charge is 0.372 e. The van der Waals surface area contributed by atoms with Gasteiger partial charge in [-0.25, -0.2) is 0 Å². The van der Waals surface area contributed by atoms with Gasteiger partial charge >= 0.3 is 0 Å². The molecule has 0 aliphatic heterocycles. The molecule has 0 aliphatic carbocycles. The van der Waals surface area contributed by atoms with Crippen molar-refractivity contribution in [1.82, 2.24) is 9.88 Å². The molecule has 2 aromatic rings. The van der Waals surface area contributed by atoms with Crippen LogP contribution in [0.15, 0.2) is 54.9 Å². The first-order chi connectivity index (χ1) is 10.8. The lowest BCUT2D eigenvalue weighted by Crippen LogP contribution is -2.27. The molecule has 3 heteroatoms. The van der Waals surface area contributed by atoms with Gasteiger partial charge in [-0.1, -0.05) is 44.2 Å². The molecule has 1 atom stereocenters. The Kier molecular flexibility index (Phi) is 7.07. The van der Waals surface area contributed by atoms with Crippen LogP contribution in [0.2, 0.25) is 0 Å². The molecule has 22 heavy (non-hydrogen) atoms. The average Bonchev–Trinajstić information content (AvgIpc) is 2.59. The van der Waals surface area contributed by atoms with Gasteiger partial charge in [0.25, 0.3) is 0 Å². The van der Waals surface area contributed by atoms with Gasteiger partial charge < -0.3 is 9.64 Å². The molecule has 1 heterocycles. The minimum Gasteiger partial charge on any atom is -0.372 e. The summed E-state index contributed by atoms with van der Waals surface area (Å²) in [7, 11) is 0. The Morgan fingerprint density at radius 2 is 1.68 bits per heavy atom. The van der Waals surface area contributed by atoms with Crippen molar-refractivity contribution in [2.24, 2.45) is 0 Å². The number of rotatable bonds is 9. The number of ether oxygens (including phenoxy) is 1. The second kappa shape index (κ2) is 9.34. The summed E-state index contributed by atoms with van der Waals surface area (Å²) in [5, 5.41) is 0. The van der Waals surface area contributed by atoms with Gasteiger partial charge in [-0.15, -0.1) is 0 Å². The Balaban J connectivity index is 1.99. The molecule has 0 bridgehead atoms. The summed E-state index contributed by atoms with van der Waals surface area (Å²) in [4.78, 5) is 6.49. The highest BCUT2D eigenvalue weighted by Gasteiger charge is 2.13. The fourth-order valence-corrected chi connectivity index (χ4v) is 2.54. The molecule has 1 unspecified atom stereocenters. The highest BCUT2D eigenvalue weighted by Crippen LogP contribution is 2.21. The zero-order valence-corrected chi connectivity index (χ0v) is 13.6. The topological polar surface area (TPSA) is 25.4 Å². The lowest BCUT2D eigenvalue weighted by molar-refractivity contribution is 0.0382. The van der Waals surface area contributed by atoms with Crippen LogP contribution in [0.25, 0.3) is 0 Å². The van der Waals surface area contributed by atoms with Gasteiger partial charge in [0, 0.05) is 25.4 Å². The number of aromatic nitrogens is 1. The van der Waals surface area contributed by atoms with Crippen LogP contribution in [0.3, 0.4) is 0 Å². The number of hydrogen-bond acceptors (Lipinski definition) is 3. The predicted molar refractivity (Wildman–Crippen MR) is 90.9 cm³/mol. The lowest BCUT2D eigenvalue weighted by atomic mass is 10.0. The molecule has 3 nitrogen and oxygen atoms in total. The maximum absolute atomic E-state index is 6.20. The fourth-order valence-electron chi connectivity index (χ4n) is 2.54. The van der Waals surface area contributed by atoms with Crippen LogP contribution in [0.1, 0.15) is 31.1 Å². The third-order valence-corrected chi connectivity index (χ3v) is 3.96. The van der Waals surface area contributed by atoms with E-state index in [-0.39, 0.29) is 6.10 Å². The van der Waals surface area contributed by atoms with Gasteiger partial charge in [-0.2, -0.15) is 0 Å². The van der Waals surface area contributed by atoms with E-state index in [0.29, 0.717) is 0 Å². The van der Waals surface area contributed by atoms with Crippen LogP contribution in [0.4, 0.5) is 0 Å². The van der Waals surface area contributed by atoms with Crippen LogP contribution in [0, 0.1) is 0 Å². The Morgan fingerprint density at radius 1 is 1.00 bits per heavy atom. The zero-order chi connectivity index (χ0) is 15.6. The summed E-state index contributed by atoms with van der Waals surface area (Å²) < 4.78 is 6.20. The van der Waals surface area contributed by atoms with Crippen LogP contribution in [-0.2, 0) is 11.2 Å². The summed E-state index contributed by atoms with van der Waals surface area (Å²) in [6, 6.07) is 14.6. The van der Waals surface area contributed by atoms with E-state index in [9.17, 15) is 0 Å². The highest BCUT2D eigenvalue weighted by atomic mass is 16.5. The number of benzene rings is 1. The van der Waals surface area contributed by atoms with E-state index in [1.54, 1.807) is 0 Å². The number of hydrogen-bond donors (Lipinski definition) is 0. The molecule has 0 saturated heterocycles. The first-order valence-electron chi connectivity index (χ1n) is 8.11. The molecule has 0 N–H and O–H groups in total. The molecule has 0 amide bonds. The van der Waals surface area contributed by atoms with Crippen molar-refractivity contribution < 1.29 is 4.74 Å². The van der Waals surface area contributed by atoms with E-state index >= 15 is 0 Å². The molecule has 1 aromatic heterocycles. The summed E-state index contributed by atoms with van der Waals surface area (Å²) in [5.41, 5.74) is 2.49. The average molecular weight is 298 g/mol. The van der Waals surface area contributed by atoms with E-state index < -0.39 is 0 Å². The molecular formula is C19H26N2O. The van der Waals surface area contributed by atoms with Crippen molar-refractivity contribution in [3.63, 3.8) is 0 Å². The van der Waals surface area contributed by atoms with Gasteiger partial charge in [-0.05, 0) is 36.3 Å². The Labute approximate surface area is 134 Å². The Bertz CT molecular complexity index is 511. The van der Waals surface area contributed by atoms with E-state index in [4.69, 9.17) is 4.74 Å². The summed E-state index contributed by atoms with van der Waals surface area (Å²) in [6.45, 7) is 8.24. The maximum atomic E-state index is 6.20. The number of likely N-dealkylation sites (N-methyl/N-ethyl adjacent to an activating group) is 1. The van der Waals surface area contributed by atoms with Gasteiger partial charge in [0.15, 0.2) is 0 Å². The molecule has 0 radical (unpaired) electrons. The highest BCUT2D eigenvalue weighted by molar-refractivity contribution is 5.20. The van der Waals surface area contributed by atoms with Crippen LogP contribution >= 0.6 is 0 Å². The third-order valence-electron chi connectivity index (χ3n) is 3.96. The summed E-state index contributed by atoms with van der Waals surface area (Å²) in [5.74, 6) is 0. The predicted octanol–water partition coefficient (Wildman–Crippen LogP) is 3.72. The maximum Gasteiger partial charge on any atom is 0.0866 e. The Morgan fingerprint density at radius 3 is 2.32 bits per heavy atom. The summed E-state index contributed by atoms with van der Waals surface area (Å²) in [6.07, 6.45) is 4.64. The zero-order valence-electron chi connectivity index (χ0n) is 13.6. The van der Waals surface area contributed by atoms with Crippen molar-refractivity contribution in [2.75, 3.05) is 26.2 Å². The van der Waals surface area contributed by atoms with Crippen molar-refractivity contribution in [1.29, 1.82) is 0 Å². The summed E-state index contributed by atoms with van der Waals surface area (Å²) >= 11 is 0. The smallest absolute Gasteiger partial charge is 0.0866 e. The van der Waals surface area contributed by atoms with Crippen molar-refractivity contribution in [3.8, 4) is 0 Å². The van der Waals surface area contributed by atoms with E-state index in [2.05, 4.69) is 48.0 Å². The van der Waals surface area contributed by atoms with Gasteiger partial charge in [-0.3, -0.25) is 4.98 Å². The molecule has 0 fully saturated rings. The third kappa shape index (κ3) is 5.24. The second-order valence-electron chi connectivity index (χ2n) is 5.36. The molecule has 1 aromatic carbocycles. The SMILES string of the molecule is CCN(CC)CCOC(Cc1ccccc1)c1ccncc1. The van der Waals surface area contributed by atoms with Crippen LogP contribution < -0.4 is 0 Å². The minimum absolute atomic E-state index is 0.0842. The standard InChI is InChI=1S/C19H26N2O/c1-3-21(4-2)14-15-22-19(18-10-12-20-13-11-18)16-17-8-6-5-7-9-17/h5-13,19H,3-4,14-16H2,1-2H3. The minimum atomic E-state index is 0.0842. The van der Waals surface area contributed by atoms with Crippen LogP contribution in [-0.4, -0.2) is 36.1 Å². The molecule has 2 rings (SSSR count). The van der Waals surface area contributed by atoms with E-state index in [1.165, 1.54) is 11.1 Å². The van der Waals surface area contributed by atoms with Crippen LogP contribution in [0.5, 0.6) is 0 Å². The molecule has 0 aliphatic rings. The Hall–Kier alpha value is -1.71. The molecule has 118 valence electrons. The number of pyridine rings is 1. The monoisotopic (exact) mass is 298 g/mol. The van der Waals surface area contributed by atoms with E-state index in [1.807, 2.05) is 30.6 Å². The molecule has 0 saturated carbocycles. The molecular weight excluding hydrogens is 272 g/mol. The quantitative estimate of drug-likeness (QED) is 0.705.